The van der Waals surface area contributed by atoms with Crippen LogP contribution >= 0.6 is 0 Å². The van der Waals surface area contributed by atoms with Gasteiger partial charge in [0.2, 0.25) is 0 Å². The van der Waals surface area contributed by atoms with Gasteiger partial charge < -0.3 is 14.2 Å². The van der Waals surface area contributed by atoms with Crippen LogP contribution in [0.3, 0.4) is 0 Å². The molecule has 6 nitrogen and oxygen atoms in total. The van der Waals surface area contributed by atoms with Crippen LogP contribution in [0.2, 0.25) is 0 Å². The molecule has 0 spiro atoms. The average molecular weight is 1150 g/mol. The molecule has 83 heavy (non-hydrogen) atoms. The van der Waals surface area contributed by atoms with E-state index in [1.807, 2.05) is 6.08 Å². The summed E-state index contributed by atoms with van der Waals surface area (Å²) in [6.07, 6.45) is 101. The maximum Gasteiger partial charge on any atom is 0.306 e. The standard InChI is InChI=1S/C77H124O6/c1-4-7-10-13-16-19-22-25-28-31-34-36-38-40-43-46-49-52-55-58-61-64-67-70-76(79)82-73-74(72-81-75(78)69-66-63-60-57-54-51-48-45-42-33-30-27-24-21-18-15-12-9-6-3)83-77(80)71-68-65-62-59-56-53-50-47-44-41-39-37-35-32-29-26-23-20-17-14-11-8-5-2/h7,9-10,12,16,18-19,21,25,27-28,30,34,36,40,42-43,45,49,51-52,54,58,60-61,63,74H,4-6,8,11,13-15,17,20,22-24,26,29,31-33,35,37-39,41,44,46-48,50,53,55-57,59,62,64-73H2,1-3H3/b10-7-,12-9-,19-16-,21-18-,28-25-,30-27-,36-34-,43-40-,45-42-,52-49-,54-51-,61-58-,63-60-. The van der Waals surface area contributed by atoms with Crippen LogP contribution in [0, 0.1) is 0 Å². The lowest BCUT2D eigenvalue weighted by atomic mass is 10.0. The topological polar surface area (TPSA) is 78.9 Å². The van der Waals surface area contributed by atoms with Gasteiger partial charge in [-0.2, -0.15) is 0 Å². The summed E-state index contributed by atoms with van der Waals surface area (Å²) >= 11 is 0. The van der Waals surface area contributed by atoms with E-state index >= 15 is 0 Å². The molecule has 0 aromatic heterocycles. The summed E-state index contributed by atoms with van der Waals surface area (Å²) in [5.74, 6) is -1.07. The van der Waals surface area contributed by atoms with Gasteiger partial charge in [0.25, 0.3) is 0 Å². The number of carbonyl (C=O) groups is 3. The lowest BCUT2D eigenvalue weighted by Crippen LogP contribution is -2.30. The van der Waals surface area contributed by atoms with E-state index in [4.69, 9.17) is 14.2 Å². The van der Waals surface area contributed by atoms with E-state index in [2.05, 4.69) is 173 Å². The first-order valence-electron chi connectivity index (χ1n) is 34.0. The van der Waals surface area contributed by atoms with Gasteiger partial charge in [-0.1, -0.05) is 320 Å². The van der Waals surface area contributed by atoms with Gasteiger partial charge in [-0.15, -0.1) is 0 Å². The van der Waals surface area contributed by atoms with Gasteiger partial charge in [0, 0.05) is 19.3 Å². The predicted octanol–water partition coefficient (Wildman–Crippen LogP) is 23.7. The van der Waals surface area contributed by atoms with Crippen LogP contribution in [0.5, 0.6) is 0 Å². The molecule has 0 bridgehead atoms. The van der Waals surface area contributed by atoms with Crippen molar-refractivity contribution in [2.45, 2.75) is 297 Å². The van der Waals surface area contributed by atoms with Gasteiger partial charge in [0.15, 0.2) is 6.10 Å². The van der Waals surface area contributed by atoms with E-state index in [0.29, 0.717) is 19.3 Å². The van der Waals surface area contributed by atoms with Crippen LogP contribution in [0.15, 0.2) is 158 Å². The van der Waals surface area contributed by atoms with Crippen LogP contribution in [-0.2, 0) is 28.6 Å². The number of ether oxygens (including phenoxy) is 3. The quantitative estimate of drug-likeness (QED) is 0.0261. The normalized spacial score (nSPS) is 13.1. The zero-order valence-corrected chi connectivity index (χ0v) is 53.7. The summed E-state index contributed by atoms with van der Waals surface area (Å²) < 4.78 is 16.8. The second kappa shape index (κ2) is 69.5. The van der Waals surface area contributed by atoms with Gasteiger partial charge >= 0.3 is 17.9 Å². The Morgan fingerprint density at radius 2 is 0.494 bits per heavy atom. The zero-order valence-electron chi connectivity index (χ0n) is 53.7. The summed E-state index contributed by atoms with van der Waals surface area (Å²) in [5.41, 5.74) is 0. The third kappa shape index (κ3) is 67.7. The molecule has 1 atom stereocenters. The van der Waals surface area contributed by atoms with Crippen molar-refractivity contribution in [1.82, 2.24) is 0 Å². The molecule has 0 saturated carbocycles. The number of allylic oxidation sites excluding steroid dienone is 26. The summed E-state index contributed by atoms with van der Waals surface area (Å²) in [6.45, 7) is 6.32. The molecule has 468 valence electrons. The molecule has 0 aliphatic heterocycles. The van der Waals surface area contributed by atoms with Crippen molar-refractivity contribution >= 4 is 17.9 Å². The van der Waals surface area contributed by atoms with Crippen LogP contribution in [0.4, 0.5) is 0 Å². The highest BCUT2D eigenvalue weighted by molar-refractivity contribution is 5.71. The minimum absolute atomic E-state index is 0.136. The van der Waals surface area contributed by atoms with Crippen molar-refractivity contribution in [3.8, 4) is 0 Å². The van der Waals surface area contributed by atoms with Crippen molar-refractivity contribution in [3.05, 3.63) is 158 Å². The Hall–Kier alpha value is -4.97. The molecule has 0 radical (unpaired) electrons. The van der Waals surface area contributed by atoms with E-state index in [0.717, 1.165) is 109 Å². The van der Waals surface area contributed by atoms with Gasteiger partial charge in [-0.3, -0.25) is 14.4 Å². The Kier molecular flexibility index (Phi) is 65.4. The maximum atomic E-state index is 13.0. The first-order valence-corrected chi connectivity index (χ1v) is 34.0. The Morgan fingerprint density at radius 1 is 0.253 bits per heavy atom. The van der Waals surface area contributed by atoms with Crippen molar-refractivity contribution in [2.75, 3.05) is 13.2 Å². The summed E-state index contributed by atoms with van der Waals surface area (Å²) in [7, 11) is 0. The largest absolute Gasteiger partial charge is 0.462 e. The van der Waals surface area contributed by atoms with Crippen LogP contribution in [0.25, 0.3) is 0 Å². The second-order valence-electron chi connectivity index (χ2n) is 22.0. The highest BCUT2D eigenvalue weighted by Gasteiger charge is 2.19. The summed E-state index contributed by atoms with van der Waals surface area (Å²) in [4.78, 5) is 38.4. The minimum atomic E-state index is -0.841. The highest BCUT2D eigenvalue weighted by atomic mass is 16.6. The Labute approximate surface area is 511 Å². The molecule has 0 aliphatic carbocycles. The number of unbranched alkanes of at least 4 members (excludes halogenated alkanes) is 23. The van der Waals surface area contributed by atoms with Crippen molar-refractivity contribution in [1.29, 1.82) is 0 Å². The second-order valence-corrected chi connectivity index (χ2v) is 22.0. The van der Waals surface area contributed by atoms with E-state index in [1.54, 1.807) is 0 Å². The smallest absolute Gasteiger partial charge is 0.306 e. The number of carbonyl (C=O) groups excluding carboxylic acids is 3. The lowest BCUT2D eigenvalue weighted by molar-refractivity contribution is -0.166. The Balaban J connectivity index is 4.56. The molecule has 0 saturated heterocycles. The fraction of sp³-hybridized carbons (Fsp3) is 0.623. The Morgan fingerprint density at radius 3 is 0.795 bits per heavy atom. The number of esters is 3. The van der Waals surface area contributed by atoms with Crippen molar-refractivity contribution < 1.29 is 28.6 Å². The molecule has 0 aromatic rings. The van der Waals surface area contributed by atoms with E-state index in [-0.39, 0.29) is 44.0 Å². The SMILES string of the molecule is CC/C=C\C/C=C\C/C=C\C/C=C\C/C=C\C/C=C\C/C=C\CCCC(=O)OCC(COC(=O)CC/C=C\C/C=C\C/C=C\C/C=C\C/C=C\C/C=C\CC)OC(=O)CCCCCCCCCCCCCCCCCCCCCCCCC. The van der Waals surface area contributed by atoms with Crippen molar-refractivity contribution in [3.63, 3.8) is 0 Å². The van der Waals surface area contributed by atoms with Crippen LogP contribution in [0.1, 0.15) is 290 Å². The number of rotatable bonds is 60. The predicted molar refractivity (Wildman–Crippen MR) is 362 cm³/mol. The van der Waals surface area contributed by atoms with Gasteiger partial charge in [-0.25, -0.2) is 0 Å². The number of hydrogen-bond donors (Lipinski definition) is 0. The molecule has 0 N–H and O–H groups in total. The zero-order chi connectivity index (χ0) is 59.9. The summed E-state index contributed by atoms with van der Waals surface area (Å²) in [5, 5.41) is 0. The fourth-order valence-electron chi connectivity index (χ4n) is 9.05. The maximum absolute atomic E-state index is 13.0. The van der Waals surface area contributed by atoms with Gasteiger partial charge in [0.05, 0.1) is 0 Å². The minimum Gasteiger partial charge on any atom is -0.462 e. The Bertz CT molecular complexity index is 1840. The monoisotopic (exact) mass is 1140 g/mol. The third-order valence-electron chi connectivity index (χ3n) is 14.0. The van der Waals surface area contributed by atoms with E-state index in [1.165, 1.54) is 128 Å². The van der Waals surface area contributed by atoms with Crippen LogP contribution < -0.4 is 0 Å². The molecule has 0 heterocycles. The molecule has 1 unspecified atom stereocenters. The highest BCUT2D eigenvalue weighted by Crippen LogP contribution is 2.17. The molecule has 0 aliphatic rings. The van der Waals surface area contributed by atoms with E-state index in [9.17, 15) is 14.4 Å². The van der Waals surface area contributed by atoms with E-state index < -0.39 is 6.10 Å². The molecular weight excluding hydrogens is 1020 g/mol. The number of hydrogen-bond acceptors (Lipinski definition) is 6. The molecule has 0 fully saturated rings. The first-order chi connectivity index (χ1) is 41.0. The third-order valence-corrected chi connectivity index (χ3v) is 14.0. The summed E-state index contributed by atoms with van der Waals surface area (Å²) in [6, 6.07) is 0. The van der Waals surface area contributed by atoms with Gasteiger partial charge in [-0.05, 0) is 109 Å². The molecule has 0 aromatic carbocycles. The molecule has 6 heteroatoms. The van der Waals surface area contributed by atoms with Gasteiger partial charge in [0.1, 0.15) is 13.2 Å². The molecular formula is C77H124O6. The molecule has 0 amide bonds. The molecule has 0 rings (SSSR count). The average Bonchev–Trinajstić information content (AvgIpc) is 3.49. The lowest BCUT2D eigenvalue weighted by Gasteiger charge is -2.18. The van der Waals surface area contributed by atoms with Crippen molar-refractivity contribution in [2.24, 2.45) is 0 Å². The fourth-order valence-corrected chi connectivity index (χ4v) is 9.05. The van der Waals surface area contributed by atoms with Crippen LogP contribution in [-0.4, -0.2) is 37.2 Å². The first kappa shape index (κ1) is 78.0.